The molecule has 1 fully saturated rings. The number of rotatable bonds is 1. The van der Waals surface area contributed by atoms with Crippen molar-refractivity contribution in [2.45, 2.75) is 0 Å². The molecule has 0 aromatic carbocycles. The fourth-order valence-corrected chi connectivity index (χ4v) is 1.75. The first-order chi connectivity index (χ1) is 7.66. The van der Waals surface area contributed by atoms with E-state index < -0.39 is 6.09 Å². The van der Waals surface area contributed by atoms with Gasteiger partial charge in [0.25, 0.3) is 0 Å². The van der Waals surface area contributed by atoms with Crippen molar-refractivity contribution in [3.8, 4) is 0 Å². The molecule has 0 saturated carbocycles. The first kappa shape index (κ1) is 10.5. The summed E-state index contributed by atoms with van der Waals surface area (Å²) < 4.78 is 0. The molecule has 2 heterocycles. The van der Waals surface area contributed by atoms with E-state index in [1.165, 1.54) is 17.0 Å². The van der Waals surface area contributed by atoms with Crippen molar-refractivity contribution in [3.63, 3.8) is 0 Å². The lowest BCUT2D eigenvalue weighted by atomic mass is 10.3. The van der Waals surface area contributed by atoms with Gasteiger partial charge in [-0.3, -0.25) is 4.79 Å². The smallest absolute Gasteiger partial charge is 0.407 e. The highest BCUT2D eigenvalue weighted by Gasteiger charge is 2.20. The average molecular weight is 223 g/mol. The molecule has 0 aliphatic carbocycles. The molecule has 1 aliphatic rings. The van der Waals surface area contributed by atoms with Crippen molar-refractivity contribution >= 4 is 11.9 Å². The first-order valence-electron chi connectivity index (χ1n) is 5.08. The van der Waals surface area contributed by atoms with Gasteiger partial charge in [0, 0.05) is 44.5 Å². The first-order valence-corrected chi connectivity index (χ1v) is 5.08. The van der Waals surface area contributed by atoms with Crippen LogP contribution in [-0.4, -0.2) is 47.3 Å². The van der Waals surface area contributed by atoms with E-state index in [1.54, 1.807) is 6.20 Å². The summed E-state index contributed by atoms with van der Waals surface area (Å²) in [6.07, 6.45) is 0.711. The van der Waals surface area contributed by atoms with E-state index in [4.69, 9.17) is 5.11 Å². The van der Waals surface area contributed by atoms with Gasteiger partial charge in [0.1, 0.15) is 5.82 Å². The fraction of sp³-hybridized carbons (Fsp3) is 0.400. The Labute approximate surface area is 92.1 Å². The minimum atomic E-state index is -0.888. The second-order valence-electron chi connectivity index (χ2n) is 3.67. The maximum absolute atomic E-state index is 11.2. The van der Waals surface area contributed by atoms with Crippen molar-refractivity contribution in [2.75, 3.05) is 31.1 Å². The molecule has 0 unspecified atom stereocenters. The van der Waals surface area contributed by atoms with Crippen LogP contribution in [0.5, 0.6) is 0 Å². The van der Waals surface area contributed by atoms with E-state index in [0.717, 1.165) is 5.82 Å². The van der Waals surface area contributed by atoms with Gasteiger partial charge in [-0.25, -0.2) is 4.79 Å². The van der Waals surface area contributed by atoms with Crippen LogP contribution in [-0.2, 0) is 0 Å². The van der Waals surface area contributed by atoms with Crippen LogP contribution < -0.4 is 10.3 Å². The maximum atomic E-state index is 11.2. The minimum absolute atomic E-state index is 0.0468. The molecule has 2 rings (SSSR count). The Balaban J connectivity index is 2.04. The zero-order chi connectivity index (χ0) is 11.5. The van der Waals surface area contributed by atoms with E-state index in [1.807, 2.05) is 4.90 Å². The van der Waals surface area contributed by atoms with Crippen LogP contribution in [0.3, 0.4) is 0 Å². The zero-order valence-electron chi connectivity index (χ0n) is 8.72. The third-order valence-electron chi connectivity index (χ3n) is 2.65. The third-order valence-corrected chi connectivity index (χ3v) is 2.65. The van der Waals surface area contributed by atoms with Crippen LogP contribution in [0.25, 0.3) is 0 Å². The van der Waals surface area contributed by atoms with Crippen LogP contribution in [0.1, 0.15) is 0 Å². The zero-order valence-corrected chi connectivity index (χ0v) is 8.72. The molecule has 1 aromatic heterocycles. The van der Waals surface area contributed by atoms with Gasteiger partial charge < -0.3 is 19.9 Å². The number of amides is 1. The number of nitrogens with zero attached hydrogens (tertiary/aromatic N) is 2. The van der Waals surface area contributed by atoms with Crippen molar-refractivity contribution in [3.05, 3.63) is 28.6 Å². The van der Waals surface area contributed by atoms with Gasteiger partial charge in [0.05, 0.1) is 0 Å². The lowest BCUT2D eigenvalue weighted by molar-refractivity contribution is 0.142. The van der Waals surface area contributed by atoms with Crippen molar-refractivity contribution in [2.24, 2.45) is 0 Å². The number of H-pyrrole nitrogens is 1. The largest absolute Gasteiger partial charge is 0.465 e. The Morgan fingerprint density at radius 3 is 2.56 bits per heavy atom. The molecule has 0 radical (unpaired) electrons. The molecule has 0 atom stereocenters. The summed E-state index contributed by atoms with van der Waals surface area (Å²) in [6, 6.07) is 2.98. The molecule has 1 aliphatic heterocycles. The molecule has 6 nitrogen and oxygen atoms in total. The van der Waals surface area contributed by atoms with Crippen LogP contribution >= 0.6 is 0 Å². The fourth-order valence-electron chi connectivity index (χ4n) is 1.75. The van der Waals surface area contributed by atoms with Crippen molar-refractivity contribution < 1.29 is 9.90 Å². The normalized spacial score (nSPS) is 16.2. The number of piperazine rings is 1. The summed E-state index contributed by atoms with van der Waals surface area (Å²) in [7, 11) is 0. The van der Waals surface area contributed by atoms with Crippen LogP contribution in [0.4, 0.5) is 10.6 Å². The van der Waals surface area contributed by atoms with Crippen LogP contribution in [0.15, 0.2) is 23.1 Å². The van der Waals surface area contributed by atoms with Gasteiger partial charge in [-0.2, -0.15) is 0 Å². The second kappa shape index (κ2) is 4.26. The second-order valence-corrected chi connectivity index (χ2v) is 3.67. The number of aromatic nitrogens is 1. The number of hydrogen-bond donors (Lipinski definition) is 2. The van der Waals surface area contributed by atoms with Gasteiger partial charge in [-0.05, 0) is 0 Å². The number of pyridine rings is 1. The molecule has 1 amide bonds. The summed E-state index contributed by atoms with van der Waals surface area (Å²) in [5.74, 6) is 0.748. The highest BCUT2D eigenvalue weighted by atomic mass is 16.4. The van der Waals surface area contributed by atoms with Crippen LogP contribution in [0, 0.1) is 0 Å². The van der Waals surface area contributed by atoms with Gasteiger partial charge in [-0.1, -0.05) is 0 Å². The predicted octanol–water partition coefficient (Wildman–Crippen LogP) is 0.175. The molecule has 1 aromatic rings. The number of anilines is 1. The number of hydrogen-bond acceptors (Lipinski definition) is 3. The monoisotopic (exact) mass is 223 g/mol. The van der Waals surface area contributed by atoms with E-state index >= 15 is 0 Å². The Kier molecular flexibility index (Phi) is 2.80. The molecule has 6 heteroatoms. The summed E-state index contributed by atoms with van der Waals surface area (Å²) in [4.78, 5) is 28.2. The highest BCUT2D eigenvalue weighted by Crippen LogP contribution is 2.10. The Morgan fingerprint density at radius 1 is 1.31 bits per heavy atom. The van der Waals surface area contributed by atoms with E-state index in [0.29, 0.717) is 26.2 Å². The molecule has 0 bridgehead atoms. The highest BCUT2D eigenvalue weighted by molar-refractivity contribution is 5.65. The lowest BCUT2D eigenvalue weighted by Gasteiger charge is -2.34. The quantitative estimate of drug-likeness (QED) is 0.711. The number of carbonyl (C=O) groups is 1. The molecule has 16 heavy (non-hydrogen) atoms. The Hall–Kier alpha value is -1.98. The Bertz CT molecular complexity index is 435. The predicted molar refractivity (Wildman–Crippen MR) is 58.9 cm³/mol. The minimum Gasteiger partial charge on any atom is -0.465 e. The van der Waals surface area contributed by atoms with Crippen molar-refractivity contribution in [1.82, 2.24) is 9.88 Å². The Morgan fingerprint density at radius 2 is 2.00 bits per heavy atom. The molecule has 0 spiro atoms. The van der Waals surface area contributed by atoms with E-state index in [9.17, 15) is 9.59 Å². The average Bonchev–Trinajstić information content (AvgIpc) is 2.29. The number of nitrogens with one attached hydrogen (secondary N) is 1. The molecular weight excluding hydrogens is 210 g/mol. The standard InChI is InChI=1S/C10H13N3O3/c14-8-1-2-11-9(7-8)12-3-5-13(6-4-12)10(15)16/h1-2,7H,3-6H2,(H,11,14)(H,15,16). The number of carboxylic acid groups (broad SMARTS) is 1. The van der Waals surface area contributed by atoms with E-state index in [2.05, 4.69) is 4.98 Å². The van der Waals surface area contributed by atoms with Gasteiger partial charge in [0.15, 0.2) is 5.43 Å². The van der Waals surface area contributed by atoms with E-state index in [-0.39, 0.29) is 5.43 Å². The van der Waals surface area contributed by atoms with Gasteiger partial charge in [0.2, 0.25) is 0 Å². The molecule has 1 saturated heterocycles. The lowest BCUT2D eigenvalue weighted by Crippen LogP contribution is -2.48. The molecular formula is C10H13N3O3. The summed E-state index contributed by atoms with van der Waals surface area (Å²) in [5, 5.41) is 8.79. The summed E-state index contributed by atoms with van der Waals surface area (Å²) in [6.45, 7) is 2.14. The topological polar surface area (TPSA) is 76.6 Å². The molecule has 2 N–H and O–H groups in total. The summed E-state index contributed by atoms with van der Waals surface area (Å²) >= 11 is 0. The van der Waals surface area contributed by atoms with Crippen molar-refractivity contribution in [1.29, 1.82) is 0 Å². The van der Waals surface area contributed by atoms with Crippen LogP contribution in [0.2, 0.25) is 0 Å². The number of aromatic amines is 1. The third kappa shape index (κ3) is 2.16. The van der Waals surface area contributed by atoms with Gasteiger partial charge in [-0.15, -0.1) is 0 Å². The summed E-state index contributed by atoms with van der Waals surface area (Å²) in [5.41, 5.74) is -0.0468. The maximum Gasteiger partial charge on any atom is 0.407 e. The SMILES string of the molecule is O=C(O)N1CCN(c2cc(=O)cc[nH]2)CC1. The molecule has 86 valence electrons. The van der Waals surface area contributed by atoms with Gasteiger partial charge >= 0.3 is 6.09 Å².